The maximum absolute atomic E-state index is 9.74. The number of phenols is 1. The van der Waals surface area contributed by atoms with Gasteiger partial charge in [-0.3, -0.25) is 4.98 Å². The summed E-state index contributed by atoms with van der Waals surface area (Å²) in [6, 6.07) is 6.46. The summed E-state index contributed by atoms with van der Waals surface area (Å²) in [7, 11) is 0. The van der Waals surface area contributed by atoms with E-state index in [1.54, 1.807) is 30.6 Å². The molecule has 3 rings (SSSR count). The molecule has 0 amide bonds. The Hall–Kier alpha value is -2.56. The summed E-state index contributed by atoms with van der Waals surface area (Å²) in [6.07, 6.45) is 3.22. The first kappa shape index (κ1) is 9.65. The molecule has 0 aliphatic carbocycles. The van der Waals surface area contributed by atoms with Crippen LogP contribution in [-0.2, 0) is 0 Å². The van der Waals surface area contributed by atoms with Gasteiger partial charge in [-0.1, -0.05) is 0 Å². The Morgan fingerprint density at radius 2 is 2.12 bits per heavy atom. The molecule has 0 unspecified atom stereocenters. The normalized spacial score (nSPS) is 10.8. The van der Waals surface area contributed by atoms with Crippen molar-refractivity contribution in [2.75, 3.05) is 5.73 Å². The molecule has 0 bridgehead atoms. The topological polar surface area (TPSA) is 85.2 Å². The first-order valence-corrected chi connectivity index (χ1v) is 5.03. The van der Waals surface area contributed by atoms with E-state index in [-0.39, 0.29) is 5.75 Å². The van der Waals surface area contributed by atoms with Crippen LogP contribution < -0.4 is 5.73 Å². The van der Waals surface area contributed by atoms with Crippen molar-refractivity contribution in [3.8, 4) is 17.2 Å². The monoisotopic (exact) mass is 227 g/mol. The van der Waals surface area contributed by atoms with Crippen LogP contribution in [0.1, 0.15) is 0 Å². The van der Waals surface area contributed by atoms with Gasteiger partial charge in [-0.15, -0.1) is 0 Å². The van der Waals surface area contributed by atoms with E-state index in [2.05, 4.69) is 9.97 Å². The van der Waals surface area contributed by atoms with Crippen LogP contribution in [0, 0.1) is 0 Å². The third-order valence-electron chi connectivity index (χ3n) is 2.44. The number of hydrogen-bond acceptors (Lipinski definition) is 5. The smallest absolute Gasteiger partial charge is 0.231 e. The number of oxazole rings is 1. The molecule has 5 heteroatoms. The van der Waals surface area contributed by atoms with Crippen LogP contribution in [0.4, 0.5) is 5.69 Å². The minimum atomic E-state index is 0.0821. The Kier molecular flexibility index (Phi) is 1.98. The molecule has 0 radical (unpaired) electrons. The van der Waals surface area contributed by atoms with Gasteiger partial charge in [0.2, 0.25) is 5.89 Å². The molecule has 2 aromatic heterocycles. The molecule has 2 heterocycles. The number of phenolic OH excluding ortho intramolecular Hbond substituents is 1. The van der Waals surface area contributed by atoms with E-state index in [9.17, 15) is 5.11 Å². The average molecular weight is 227 g/mol. The molecule has 0 fully saturated rings. The maximum atomic E-state index is 9.74. The van der Waals surface area contributed by atoms with Gasteiger partial charge < -0.3 is 15.3 Å². The van der Waals surface area contributed by atoms with Crippen molar-refractivity contribution in [1.82, 2.24) is 9.97 Å². The Balaban J connectivity index is 2.23. The number of pyridine rings is 1. The van der Waals surface area contributed by atoms with Crippen LogP contribution in [-0.4, -0.2) is 15.1 Å². The number of fused-ring (bicyclic) bond motifs is 1. The van der Waals surface area contributed by atoms with E-state index < -0.39 is 0 Å². The van der Waals surface area contributed by atoms with Crippen molar-refractivity contribution in [2.24, 2.45) is 0 Å². The number of anilines is 1. The van der Waals surface area contributed by atoms with Crippen LogP contribution in [0.15, 0.2) is 41.1 Å². The lowest BCUT2D eigenvalue weighted by atomic mass is 10.2. The minimum Gasteiger partial charge on any atom is -0.507 e. The third kappa shape index (κ3) is 1.57. The van der Waals surface area contributed by atoms with Gasteiger partial charge in [0.15, 0.2) is 5.58 Å². The summed E-state index contributed by atoms with van der Waals surface area (Å²) in [6.45, 7) is 0. The lowest BCUT2D eigenvalue weighted by Gasteiger charge is -2.00. The van der Waals surface area contributed by atoms with Crippen LogP contribution in [0.2, 0.25) is 0 Å². The number of aromatic hydroxyl groups is 1. The standard InChI is InChI=1S/C12H9N3O2/c13-7-1-2-10(16)8(5-7)12-15-9-6-14-4-3-11(9)17-12/h1-6,16H,13H2. The second kappa shape index (κ2) is 3.48. The number of nitrogen functional groups attached to an aromatic ring is 1. The molecule has 84 valence electrons. The van der Waals surface area contributed by atoms with Crippen LogP contribution >= 0.6 is 0 Å². The van der Waals surface area contributed by atoms with E-state index in [1.165, 1.54) is 6.07 Å². The molecular formula is C12H9N3O2. The fourth-order valence-electron chi connectivity index (χ4n) is 1.62. The molecule has 17 heavy (non-hydrogen) atoms. The molecule has 5 nitrogen and oxygen atoms in total. The van der Waals surface area contributed by atoms with Crippen molar-refractivity contribution in [3.05, 3.63) is 36.7 Å². The first-order valence-electron chi connectivity index (χ1n) is 5.03. The average Bonchev–Trinajstić information content (AvgIpc) is 2.75. The highest BCUT2D eigenvalue weighted by Gasteiger charge is 2.12. The molecule has 0 spiro atoms. The summed E-state index contributed by atoms with van der Waals surface area (Å²) in [5.74, 6) is 0.413. The SMILES string of the molecule is Nc1ccc(O)c(-c2nc3cnccc3o2)c1. The van der Waals surface area contributed by atoms with E-state index in [0.29, 0.717) is 28.2 Å². The Morgan fingerprint density at radius 3 is 2.94 bits per heavy atom. The van der Waals surface area contributed by atoms with E-state index in [4.69, 9.17) is 10.2 Å². The highest BCUT2D eigenvalue weighted by Crippen LogP contribution is 2.32. The number of nitrogens with two attached hydrogens (primary N) is 1. The van der Waals surface area contributed by atoms with Gasteiger partial charge in [0.1, 0.15) is 11.3 Å². The second-order valence-electron chi connectivity index (χ2n) is 3.64. The largest absolute Gasteiger partial charge is 0.507 e. The molecule has 0 aliphatic heterocycles. The quantitative estimate of drug-likeness (QED) is 0.491. The van der Waals surface area contributed by atoms with Crippen molar-refractivity contribution < 1.29 is 9.52 Å². The minimum absolute atomic E-state index is 0.0821. The van der Waals surface area contributed by atoms with Crippen LogP contribution in [0.25, 0.3) is 22.6 Å². The summed E-state index contributed by atoms with van der Waals surface area (Å²) in [4.78, 5) is 8.19. The highest BCUT2D eigenvalue weighted by molar-refractivity contribution is 5.77. The zero-order chi connectivity index (χ0) is 11.8. The molecule has 1 aromatic carbocycles. The lowest BCUT2D eigenvalue weighted by Crippen LogP contribution is -1.86. The zero-order valence-corrected chi connectivity index (χ0v) is 8.79. The summed E-state index contributed by atoms with van der Waals surface area (Å²) < 4.78 is 5.52. The predicted octanol–water partition coefficient (Wildman–Crippen LogP) is 2.18. The second-order valence-corrected chi connectivity index (χ2v) is 3.64. The lowest BCUT2D eigenvalue weighted by molar-refractivity contribution is 0.474. The fraction of sp³-hybridized carbons (Fsp3) is 0. The number of hydrogen-bond donors (Lipinski definition) is 2. The molecule has 3 aromatic rings. The highest BCUT2D eigenvalue weighted by atomic mass is 16.3. The third-order valence-corrected chi connectivity index (χ3v) is 2.44. The number of rotatable bonds is 1. The fourth-order valence-corrected chi connectivity index (χ4v) is 1.62. The molecule has 3 N–H and O–H groups in total. The molecule has 0 atom stereocenters. The van der Waals surface area contributed by atoms with Gasteiger partial charge in [-0.25, -0.2) is 4.98 Å². The van der Waals surface area contributed by atoms with Gasteiger partial charge in [0.05, 0.1) is 11.8 Å². The van der Waals surface area contributed by atoms with Gasteiger partial charge in [-0.05, 0) is 18.2 Å². The first-order chi connectivity index (χ1) is 8.24. The molecule has 0 aliphatic rings. The van der Waals surface area contributed by atoms with Gasteiger partial charge in [0, 0.05) is 18.0 Å². The zero-order valence-electron chi connectivity index (χ0n) is 8.79. The maximum Gasteiger partial charge on any atom is 0.231 e. The Labute approximate surface area is 96.5 Å². The Bertz CT molecular complexity index is 658. The van der Waals surface area contributed by atoms with E-state index >= 15 is 0 Å². The predicted molar refractivity (Wildman–Crippen MR) is 63.3 cm³/mol. The van der Waals surface area contributed by atoms with Crippen molar-refractivity contribution in [3.63, 3.8) is 0 Å². The van der Waals surface area contributed by atoms with Crippen molar-refractivity contribution >= 4 is 16.8 Å². The van der Waals surface area contributed by atoms with Crippen molar-refractivity contribution in [2.45, 2.75) is 0 Å². The summed E-state index contributed by atoms with van der Waals surface area (Å²) in [5, 5.41) is 9.74. The van der Waals surface area contributed by atoms with Gasteiger partial charge in [0.25, 0.3) is 0 Å². The van der Waals surface area contributed by atoms with Crippen molar-refractivity contribution in [1.29, 1.82) is 0 Å². The Morgan fingerprint density at radius 1 is 1.24 bits per heavy atom. The number of aromatic nitrogens is 2. The summed E-state index contributed by atoms with van der Waals surface area (Å²) >= 11 is 0. The molecule has 0 saturated carbocycles. The van der Waals surface area contributed by atoms with Crippen LogP contribution in [0.3, 0.4) is 0 Å². The number of nitrogens with zero attached hydrogens (tertiary/aromatic N) is 2. The number of benzene rings is 1. The summed E-state index contributed by atoms with van der Waals surface area (Å²) in [5.41, 5.74) is 7.94. The van der Waals surface area contributed by atoms with E-state index in [1.807, 2.05) is 0 Å². The van der Waals surface area contributed by atoms with Gasteiger partial charge in [-0.2, -0.15) is 0 Å². The van der Waals surface area contributed by atoms with Gasteiger partial charge >= 0.3 is 0 Å². The molecule has 0 saturated heterocycles. The van der Waals surface area contributed by atoms with E-state index in [0.717, 1.165) is 0 Å². The molecular weight excluding hydrogens is 218 g/mol. The van der Waals surface area contributed by atoms with Crippen LogP contribution in [0.5, 0.6) is 5.75 Å².